The smallest absolute Gasteiger partial charge is 0.410 e. The highest BCUT2D eigenvalue weighted by Gasteiger charge is 2.26. The molecule has 1 saturated heterocycles. The highest BCUT2D eigenvalue weighted by molar-refractivity contribution is 5.69. The van der Waals surface area contributed by atoms with Gasteiger partial charge in [0.05, 0.1) is 7.11 Å². The third-order valence-corrected chi connectivity index (χ3v) is 3.74. The monoisotopic (exact) mass is 299 g/mol. The van der Waals surface area contributed by atoms with E-state index in [4.69, 9.17) is 4.74 Å². The number of carbonyl (C=O) groups is 2. The molecule has 0 bridgehead atoms. The van der Waals surface area contributed by atoms with Crippen molar-refractivity contribution in [2.24, 2.45) is 5.92 Å². The normalized spacial score (nSPS) is 16.7. The van der Waals surface area contributed by atoms with E-state index in [0.717, 1.165) is 45.2 Å². The van der Waals surface area contributed by atoms with Gasteiger partial charge >= 0.3 is 12.1 Å². The second-order valence-electron chi connectivity index (χ2n) is 6.73. The predicted molar refractivity (Wildman–Crippen MR) is 81.0 cm³/mol. The van der Waals surface area contributed by atoms with Crippen LogP contribution in [0.4, 0.5) is 4.79 Å². The Morgan fingerprint density at radius 1 is 1.14 bits per heavy atom. The van der Waals surface area contributed by atoms with Crippen LogP contribution in [0.1, 0.15) is 59.3 Å². The summed E-state index contributed by atoms with van der Waals surface area (Å²) in [7, 11) is 1.43. The van der Waals surface area contributed by atoms with Gasteiger partial charge in [0.2, 0.25) is 0 Å². The minimum absolute atomic E-state index is 0.130. The van der Waals surface area contributed by atoms with E-state index in [1.165, 1.54) is 7.11 Å². The maximum absolute atomic E-state index is 11.9. The Hall–Kier alpha value is -1.26. The molecule has 0 aromatic heterocycles. The SMILES string of the molecule is COC(=O)CCCCC1CCN(C(=O)OC(C)(C)C)CC1. The third-order valence-electron chi connectivity index (χ3n) is 3.74. The fourth-order valence-electron chi connectivity index (χ4n) is 2.54. The Morgan fingerprint density at radius 3 is 2.29 bits per heavy atom. The van der Waals surface area contributed by atoms with E-state index < -0.39 is 5.60 Å². The number of amides is 1. The van der Waals surface area contributed by atoms with Gasteiger partial charge in [-0.3, -0.25) is 4.79 Å². The molecule has 0 N–H and O–H groups in total. The van der Waals surface area contributed by atoms with Crippen LogP contribution >= 0.6 is 0 Å². The molecule has 1 fully saturated rings. The Morgan fingerprint density at radius 2 is 1.76 bits per heavy atom. The first-order chi connectivity index (χ1) is 9.81. The van der Waals surface area contributed by atoms with Gasteiger partial charge in [0.1, 0.15) is 5.60 Å². The van der Waals surface area contributed by atoms with Crippen molar-refractivity contribution in [3.05, 3.63) is 0 Å². The lowest BCUT2D eigenvalue weighted by Crippen LogP contribution is -2.41. The molecular weight excluding hydrogens is 270 g/mol. The summed E-state index contributed by atoms with van der Waals surface area (Å²) in [6.45, 7) is 7.21. The summed E-state index contributed by atoms with van der Waals surface area (Å²) in [5, 5.41) is 0. The molecule has 1 aliphatic rings. The quantitative estimate of drug-likeness (QED) is 0.577. The Labute approximate surface area is 128 Å². The standard InChI is InChI=1S/C16H29NO4/c1-16(2,3)21-15(19)17-11-9-13(10-12-17)7-5-6-8-14(18)20-4/h13H,5-12H2,1-4H3. The number of hydrogen-bond donors (Lipinski definition) is 0. The van der Waals surface area contributed by atoms with Gasteiger partial charge in [-0.25, -0.2) is 4.79 Å². The molecule has 21 heavy (non-hydrogen) atoms. The molecule has 122 valence electrons. The average molecular weight is 299 g/mol. The minimum atomic E-state index is -0.429. The summed E-state index contributed by atoms with van der Waals surface area (Å²) >= 11 is 0. The Bertz CT molecular complexity index is 341. The fraction of sp³-hybridized carbons (Fsp3) is 0.875. The maximum Gasteiger partial charge on any atom is 0.410 e. The second kappa shape index (κ2) is 8.25. The van der Waals surface area contributed by atoms with E-state index in [2.05, 4.69) is 4.74 Å². The van der Waals surface area contributed by atoms with Gasteiger partial charge in [-0.1, -0.05) is 12.8 Å². The first-order valence-electron chi connectivity index (χ1n) is 7.86. The van der Waals surface area contributed by atoms with Gasteiger partial charge in [0.25, 0.3) is 0 Å². The number of rotatable bonds is 5. The van der Waals surface area contributed by atoms with Gasteiger partial charge in [-0.2, -0.15) is 0 Å². The lowest BCUT2D eigenvalue weighted by molar-refractivity contribution is -0.140. The molecule has 0 aromatic rings. The number of piperidine rings is 1. The zero-order valence-electron chi connectivity index (χ0n) is 13.8. The van der Waals surface area contributed by atoms with E-state index in [0.29, 0.717) is 12.3 Å². The van der Waals surface area contributed by atoms with Crippen LogP contribution in [0.15, 0.2) is 0 Å². The molecule has 1 rings (SSSR count). The van der Waals surface area contributed by atoms with Crippen LogP contribution in [0.2, 0.25) is 0 Å². The van der Waals surface area contributed by atoms with Crippen molar-refractivity contribution in [3.63, 3.8) is 0 Å². The first kappa shape index (κ1) is 17.8. The van der Waals surface area contributed by atoms with Gasteiger partial charge < -0.3 is 14.4 Å². The number of methoxy groups -OCH3 is 1. The van der Waals surface area contributed by atoms with Gasteiger partial charge in [0, 0.05) is 19.5 Å². The molecule has 1 amide bonds. The topological polar surface area (TPSA) is 55.8 Å². The number of carbonyl (C=O) groups excluding carboxylic acids is 2. The van der Waals surface area contributed by atoms with E-state index >= 15 is 0 Å². The summed E-state index contributed by atoms with van der Waals surface area (Å²) in [4.78, 5) is 24.8. The Balaban J connectivity index is 2.17. The third kappa shape index (κ3) is 7.34. The lowest BCUT2D eigenvalue weighted by Gasteiger charge is -2.33. The molecule has 0 unspecified atom stereocenters. The van der Waals surface area contributed by atoms with Crippen molar-refractivity contribution in [1.82, 2.24) is 4.90 Å². The molecule has 5 nitrogen and oxygen atoms in total. The van der Waals surface area contributed by atoms with E-state index in [9.17, 15) is 9.59 Å². The number of unbranched alkanes of at least 4 members (excludes halogenated alkanes) is 1. The van der Waals surface area contributed by atoms with E-state index in [1.54, 1.807) is 4.90 Å². The predicted octanol–water partition coefficient (Wildman–Crippen LogP) is 3.37. The zero-order chi connectivity index (χ0) is 15.9. The van der Waals surface area contributed by atoms with Crippen LogP contribution in [0.5, 0.6) is 0 Å². The van der Waals surface area contributed by atoms with Crippen LogP contribution in [-0.2, 0) is 14.3 Å². The molecule has 1 heterocycles. The molecule has 5 heteroatoms. The summed E-state index contributed by atoms with van der Waals surface area (Å²) in [6.07, 6.45) is 5.42. The molecule has 0 radical (unpaired) electrons. The van der Waals surface area contributed by atoms with Crippen LogP contribution in [0.3, 0.4) is 0 Å². The number of ether oxygens (including phenoxy) is 2. The average Bonchev–Trinajstić information content (AvgIpc) is 2.42. The summed E-state index contributed by atoms with van der Waals surface area (Å²) < 4.78 is 10.0. The number of nitrogens with zero attached hydrogens (tertiary/aromatic N) is 1. The zero-order valence-corrected chi connectivity index (χ0v) is 13.8. The van der Waals surface area contributed by atoms with E-state index in [-0.39, 0.29) is 12.1 Å². The lowest BCUT2D eigenvalue weighted by atomic mass is 9.91. The van der Waals surface area contributed by atoms with Crippen molar-refractivity contribution in [2.45, 2.75) is 64.9 Å². The van der Waals surface area contributed by atoms with Crippen LogP contribution in [-0.4, -0.2) is 42.8 Å². The van der Waals surface area contributed by atoms with Gasteiger partial charge in [-0.05, 0) is 46.0 Å². The molecule has 0 aliphatic carbocycles. The Kier molecular flexibility index (Phi) is 6.99. The second-order valence-corrected chi connectivity index (χ2v) is 6.73. The first-order valence-corrected chi connectivity index (χ1v) is 7.86. The van der Waals surface area contributed by atoms with Gasteiger partial charge in [-0.15, -0.1) is 0 Å². The molecule has 0 spiro atoms. The van der Waals surface area contributed by atoms with Crippen molar-refractivity contribution in [2.75, 3.05) is 20.2 Å². The summed E-state index contributed by atoms with van der Waals surface area (Å²) in [5.74, 6) is 0.524. The van der Waals surface area contributed by atoms with Crippen molar-refractivity contribution in [1.29, 1.82) is 0 Å². The van der Waals surface area contributed by atoms with Crippen LogP contribution < -0.4 is 0 Å². The highest BCUT2D eigenvalue weighted by atomic mass is 16.6. The molecule has 0 atom stereocenters. The number of esters is 1. The largest absolute Gasteiger partial charge is 0.469 e. The van der Waals surface area contributed by atoms with Crippen molar-refractivity contribution < 1.29 is 19.1 Å². The summed E-state index contributed by atoms with van der Waals surface area (Å²) in [5.41, 5.74) is -0.429. The molecule has 1 aliphatic heterocycles. The van der Waals surface area contributed by atoms with Gasteiger partial charge in [0.15, 0.2) is 0 Å². The van der Waals surface area contributed by atoms with E-state index in [1.807, 2.05) is 20.8 Å². The number of likely N-dealkylation sites (tertiary alicyclic amines) is 1. The number of hydrogen-bond acceptors (Lipinski definition) is 4. The molecule has 0 aromatic carbocycles. The highest BCUT2D eigenvalue weighted by Crippen LogP contribution is 2.24. The molecule has 0 saturated carbocycles. The van der Waals surface area contributed by atoms with Crippen LogP contribution in [0, 0.1) is 5.92 Å². The van der Waals surface area contributed by atoms with Crippen molar-refractivity contribution >= 4 is 12.1 Å². The van der Waals surface area contributed by atoms with Crippen LogP contribution in [0.25, 0.3) is 0 Å². The minimum Gasteiger partial charge on any atom is -0.469 e. The fourth-order valence-corrected chi connectivity index (χ4v) is 2.54. The van der Waals surface area contributed by atoms with Crippen molar-refractivity contribution in [3.8, 4) is 0 Å². The summed E-state index contributed by atoms with van der Waals surface area (Å²) in [6, 6.07) is 0. The maximum atomic E-state index is 11.9. The molecular formula is C16H29NO4.